The second kappa shape index (κ2) is 9.09. The summed E-state index contributed by atoms with van der Waals surface area (Å²) in [5.74, 6) is 0.200. The first-order valence-electron chi connectivity index (χ1n) is 12.3. The Kier molecular flexibility index (Phi) is 5.80. The molecule has 0 bridgehead atoms. The normalized spacial score (nSPS) is 15.5. The zero-order valence-corrected chi connectivity index (χ0v) is 21.2. The number of alkyl halides is 3. The van der Waals surface area contributed by atoms with Crippen LogP contribution in [0.3, 0.4) is 0 Å². The van der Waals surface area contributed by atoms with Crippen molar-refractivity contribution in [3.05, 3.63) is 89.1 Å². The third-order valence-corrected chi connectivity index (χ3v) is 7.32. The Bertz CT molecular complexity index is 1740. The molecule has 6 rings (SSSR count). The highest BCUT2D eigenvalue weighted by molar-refractivity contribution is 6.10. The molecule has 198 valence electrons. The number of rotatable bonds is 3. The van der Waals surface area contributed by atoms with Crippen LogP contribution in [-0.2, 0) is 24.6 Å². The highest BCUT2D eigenvalue weighted by atomic mass is 19.4. The fourth-order valence-electron chi connectivity index (χ4n) is 5.21. The molecule has 2 aromatic heterocycles. The first-order chi connectivity index (χ1) is 18.6. The van der Waals surface area contributed by atoms with E-state index in [1.54, 1.807) is 35.0 Å². The second-order valence-corrected chi connectivity index (χ2v) is 9.70. The predicted molar refractivity (Wildman–Crippen MR) is 142 cm³/mol. The van der Waals surface area contributed by atoms with Crippen molar-refractivity contribution in [3.8, 4) is 11.1 Å². The Morgan fingerprint density at radius 2 is 1.79 bits per heavy atom. The summed E-state index contributed by atoms with van der Waals surface area (Å²) in [4.78, 5) is 19.7. The lowest BCUT2D eigenvalue weighted by Gasteiger charge is -2.33. The molecular weight excluding hydrogens is 507 g/mol. The fourth-order valence-corrected chi connectivity index (χ4v) is 5.21. The standard InChI is InChI=1S/C29H24F3N5O2/c1-36(28(38)18-6-10-24-22(12-18)26-23(27(33)35-24)13-34-37(26)2)25-15-39-14-19-11-17(5-9-21(19)25)16-3-7-20(8-4-16)29(30,31)32/h3-13,25H,14-15H2,1-2H3,(H2,33,35)/t25-/m1/s1. The largest absolute Gasteiger partial charge is 0.416 e. The van der Waals surface area contributed by atoms with E-state index in [2.05, 4.69) is 10.1 Å². The fraction of sp³-hybridized carbons (Fsp3) is 0.207. The van der Waals surface area contributed by atoms with Crippen LogP contribution < -0.4 is 5.73 Å². The number of anilines is 1. The number of nitrogen functional groups attached to an aromatic ring is 1. The van der Waals surface area contributed by atoms with Crippen LogP contribution in [0.1, 0.15) is 33.1 Å². The number of nitrogens with two attached hydrogens (primary N) is 1. The molecule has 1 aliphatic rings. The van der Waals surface area contributed by atoms with Crippen molar-refractivity contribution in [3.63, 3.8) is 0 Å². The number of amides is 1. The summed E-state index contributed by atoms with van der Waals surface area (Å²) in [5.41, 5.74) is 10.7. The maximum absolute atomic E-state index is 13.6. The van der Waals surface area contributed by atoms with E-state index in [0.29, 0.717) is 35.7 Å². The lowest BCUT2D eigenvalue weighted by Crippen LogP contribution is -2.36. The molecule has 0 fully saturated rings. The van der Waals surface area contributed by atoms with Crippen LogP contribution in [0.25, 0.3) is 32.9 Å². The number of nitrogens with zero attached hydrogens (tertiary/aromatic N) is 4. The Morgan fingerprint density at radius 1 is 1.05 bits per heavy atom. The minimum atomic E-state index is -4.38. The number of hydrogen-bond acceptors (Lipinski definition) is 5. The SMILES string of the molecule is CN(C(=O)c1ccc2nc(N)c3cnn(C)c3c2c1)[C@@H]1COCc2cc(-c3ccc(C(F)(F)F)cc3)ccc21. The van der Waals surface area contributed by atoms with Crippen molar-refractivity contribution in [1.82, 2.24) is 19.7 Å². The van der Waals surface area contributed by atoms with Gasteiger partial charge in [-0.2, -0.15) is 18.3 Å². The molecule has 3 heterocycles. The number of likely N-dealkylation sites (N-methyl/N-ethyl adjacent to an activating group) is 1. The van der Waals surface area contributed by atoms with E-state index in [1.165, 1.54) is 12.1 Å². The molecule has 1 aliphatic heterocycles. The molecule has 7 nitrogen and oxygen atoms in total. The van der Waals surface area contributed by atoms with Crippen LogP contribution in [-0.4, -0.2) is 39.2 Å². The molecule has 0 unspecified atom stereocenters. The van der Waals surface area contributed by atoms with Crippen molar-refractivity contribution >= 4 is 33.5 Å². The predicted octanol–water partition coefficient (Wildman–Crippen LogP) is 5.73. The number of pyridine rings is 1. The van der Waals surface area contributed by atoms with Crippen molar-refractivity contribution in [1.29, 1.82) is 0 Å². The maximum atomic E-state index is 13.6. The third kappa shape index (κ3) is 4.26. The summed E-state index contributed by atoms with van der Waals surface area (Å²) < 4.78 is 46.4. The Morgan fingerprint density at radius 3 is 2.54 bits per heavy atom. The number of benzene rings is 3. The molecule has 0 saturated heterocycles. The van der Waals surface area contributed by atoms with Gasteiger partial charge in [0, 0.05) is 25.0 Å². The molecule has 39 heavy (non-hydrogen) atoms. The van der Waals surface area contributed by atoms with Gasteiger partial charge in [0.2, 0.25) is 0 Å². The number of carbonyl (C=O) groups is 1. The molecule has 0 saturated carbocycles. The molecule has 5 aromatic rings. The minimum absolute atomic E-state index is 0.183. The molecule has 0 radical (unpaired) electrons. The van der Waals surface area contributed by atoms with Gasteiger partial charge in [0.15, 0.2) is 0 Å². The summed E-state index contributed by atoms with van der Waals surface area (Å²) in [6.07, 6.45) is -2.72. The summed E-state index contributed by atoms with van der Waals surface area (Å²) in [7, 11) is 3.55. The number of fused-ring (bicyclic) bond motifs is 4. The maximum Gasteiger partial charge on any atom is 0.416 e. The average molecular weight is 532 g/mol. The molecule has 0 aliphatic carbocycles. The number of carbonyl (C=O) groups excluding carboxylic acids is 1. The van der Waals surface area contributed by atoms with Crippen molar-refractivity contribution in [2.75, 3.05) is 19.4 Å². The number of aromatic nitrogens is 3. The van der Waals surface area contributed by atoms with E-state index in [1.807, 2.05) is 31.3 Å². The monoisotopic (exact) mass is 531 g/mol. The Labute approximate surface area is 221 Å². The zero-order valence-electron chi connectivity index (χ0n) is 21.2. The molecule has 3 aromatic carbocycles. The summed E-state index contributed by atoms with van der Waals surface area (Å²) in [5, 5.41) is 5.79. The van der Waals surface area contributed by atoms with Crippen LogP contribution in [0.4, 0.5) is 19.0 Å². The average Bonchev–Trinajstić information content (AvgIpc) is 3.33. The van der Waals surface area contributed by atoms with Crippen LogP contribution in [0.5, 0.6) is 0 Å². The number of halogens is 3. The van der Waals surface area contributed by atoms with E-state index >= 15 is 0 Å². The van der Waals surface area contributed by atoms with Gasteiger partial charge in [0.25, 0.3) is 5.91 Å². The summed E-state index contributed by atoms with van der Waals surface area (Å²) in [6, 6.07) is 15.8. The van der Waals surface area contributed by atoms with Crippen LogP contribution in [0.2, 0.25) is 0 Å². The van der Waals surface area contributed by atoms with E-state index in [0.717, 1.165) is 45.1 Å². The van der Waals surface area contributed by atoms with E-state index in [-0.39, 0.29) is 11.9 Å². The van der Waals surface area contributed by atoms with Gasteiger partial charge < -0.3 is 15.4 Å². The first kappa shape index (κ1) is 24.9. The number of hydrogen-bond donors (Lipinski definition) is 1. The molecule has 1 atom stereocenters. The van der Waals surface area contributed by atoms with E-state index in [9.17, 15) is 18.0 Å². The van der Waals surface area contributed by atoms with Crippen LogP contribution >= 0.6 is 0 Å². The third-order valence-electron chi connectivity index (χ3n) is 7.32. The molecule has 0 spiro atoms. The Balaban J connectivity index is 1.31. The Hall–Kier alpha value is -4.44. The number of aryl methyl sites for hydroxylation is 1. The van der Waals surface area contributed by atoms with Gasteiger partial charge in [-0.3, -0.25) is 9.48 Å². The molecule has 10 heteroatoms. The van der Waals surface area contributed by atoms with Gasteiger partial charge in [0.1, 0.15) is 5.82 Å². The van der Waals surface area contributed by atoms with Crippen LogP contribution in [0.15, 0.2) is 66.9 Å². The zero-order chi connectivity index (χ0) is 27.5. The van der Waals surface area contributed by atoms with Crippen LogP contribution in [0, 0.1) is 0 Å². The molecule has 2 N–H and O–H groups in total. The minimum Gasteiger partial charge on any atom is -0.383 e. The lowest BCUT2D eigenvalue weighted by atomic mass is 9.93. The molecule has 1 amide bonds. The first-order valence-corrected chi connectivity index (χ1v) is 12.3. The smallest absolute Gasteiger partial charge is 0.383 e. The van der Waals surface area contributed by atoms with Gasteiger partial charge in [-0.05, 0) is 58.7 Å². The van der Waals surface area contributed by atoms with Gasteiger partial charge in [-0.15, -0.1) is 0 Å². The van der Waals surface area contributed by atoms with Crippen molar-refractivity contribution in [2.24, 2.45) is 7.05 Å². The second-order valence-electron chi connectivity index (χ2n) is 9.70. The quantitative estimate of drug-likeness (QED) is 0.321. The van der Waals surface area contributed by atoms with E-state index in [4.69, 9.17) is 10.5 Å². The number of ether oxygens (including phenoxy) is 1. The van der Waals surface area contributed by atoms with Gasteiger partial charge >= 0.3 is 6.18 Å². The van der Waals surface area contributed by atoms with Gasteiger partial charge in [-0.25, -0.2) is 4.98 Å². The highest BCUT2D eigenvalue weighted by Crippen LogP contribution is 2.35. The van der Waals surface area contributed by atoms with Gasteiger partial charge in [-0.1, -0.05) is 24.3 Å². The highest BCUT2D eigenvalue weighted by Gasteiger charge is 2.31. The van der Waals surface area contributed by atoms with Crippen molar-refractivity contribution < 1.29 is 22.7 Å². The van der Waals surface area contributed by atoms with Crippen molar-refractivity contribution in [2.45, 2.75) is 18.8 Å². The summed E-state index contributed by atoms with van der Waals surface area (Å²) in [6.45, 7) is 0.677. The lowest BCUT2D eigenvalue weighted by molar-refractivity contribution is -0.137. The molecular formula is C29H24F3N5O2. The van der Waals surface area contributed by atoms with Gasteiger partial charge in [0.05, 0.1) is 47.4 Å². The van der Waals surface area contributed by atoms with E-state index < -0.39 is 11.7 Å². The summed E-state index contributed by atoms with van der Waals surface area (Å²) >= 11 is 0. The topological polar surface area (TPSA) is 86.3 Å².